The van der Waals surface area contributed by atoms with E-state index in [-0.39, 0.29) is 23.1 Å². The molecule has 0 bridgehead atoms. The first-order valence-corrected chi connectivity index (χ1v) is 6.65. The second-order valence-corrected chi connectivity index (χ2v) is 5.83. The van der Waals surface area contributed by atoms with Gasteiger partial charge in [0.2, 0.25) is 11.8 Å². The highest BCUT2D eigenvalue weighted by Gasteiger charge is 2.33. The van der Waals surface area contributed by atoms with Crippen LogP contribution in [-0.2, 0) is 9.59 Å². The predicted molar refractivity (Wildman–Crippen MR) is 70.8 cm³/mol. The van der Waals surface area contributed by atoms with Gasteiger partial charge in [-0.25, -0.2) is 0 Å². The standard InChI is InChI=1S/C13H25N3O2/c1-4-5-16(9-13(2,3)8-14)12(18)10-6-11(17)15-7-10/h10H,4-9,14H2,1-3H3,(H,15,17). The number of carbonyl (C=O) groups is 2. The molecular formula is C13H25N3O2. The zero-order valence-electron chi connectivity index (χ0n) is 11.7. The maximum atomic E-state index is 12.4. The van der Waals surface area contributed by atoms with E-state index in [0.717, 1.165) is 13.0 Å². The van der Waals surface area contributed by atoms with Crippen molar-refractivity contribution in [2.24, 2.45) is 17.1 Å². The van der Waals surface area contributed by atoms with Crippen LogP contribution in [0.5, 0.6) is 0 Å². The van der Waals surface area contributed by atoms with Gasteiger partial charge in [0.25, 0.3) is 0 Å². The molecule has 0 aromatic heterocycles. The molecule has 104 valence electrons. The Morgan fingerprint density at radius 2 is 2.22 bits per heavy atom. The van der Waals surface area contributed by atoms with Crippen molar-refractivity contribution in [3.63, 3.8) is 0 Å². The van der Waals surface area contributed by atoms with Crippen molar-refractivity contribution in [1.82, 2.24) is 10.2 Å². The largest absolute Gasteiger partial charge is 0.355 e. The molecule has 18 heavy (non-hydrogen) atoms. The summed E-state index contributed by atoms with van der Waals surface area (Å²) < 4.78 is 0. The maximum Gasteiger partial charge on any atom is 0.228 e. The molecule has 0 saturated carbocycles. The molecule has 0 aromatic carbocycles. The molecule has 5 nitrogen and oxygen atoms in total. The van der Waals surface area contributed by atoms with Gasteiger partial charge in [0, 0.05) is 26.1 Å². The van der Waals surface area contributed by atoms with Crippen molar-refractivity contribution in [1.29, 1.82) is 0 Å². The summed E-state index contributed by atoms with van der Waals surface area (Å²) in [6.07, 6.45) is 1.24. The number of rotatable bonds is 6. The lowest BCUT2D eigenvalue weighted by atomic mass is 9.92. The number of hydrogen-bond acceptors (Lipinski definition) is 3. The fourth-order valence-corrected chi connectivity index (χ4v) is 2.16. The molecule has 5 heteroatoms. The Kier molecular flexibility index (Phi) is 5.14. The van der Waals surface area contributed by atoms with Gasteiger partial charge in [-0.3, -0.25) is 9.59 Å². The van der Waals surface area contributed by atoms with Gasteiger partial charge in [0.05, 0.1) is 5.92 Å². The monoisotopic (exact) mass is 255 g/mol. The summed E-state index contributed by atoms with van der Waals surface area (Å²) in [6.45, 7) is 8.56. The third kappa shape index (κ3) is 3.98. The van der Waals surface area contributed by atoms with Crippen LogP contribution >= 0.6 is 0 Å². The lowest BCUT2D eigenvalue weighted by molar-refractivity contribution is -0.137. The first kappa shape index (κ1) is 15.0. The van der Waals surface area contributed by atoms with Crippen molar-refractivity contribution >= 4 is 11.8 Å². The molecule has 1 unspecified atom stereocenters. The summed E-state index contributed by atoms with van der Waals surface area (Å²) in [7, 11) is 0. The minimum absolute atomic E-state index is 0.0251. The normalized spacial score (nSPS) is 19.8. The molecule has 0 spiro atoms. The van der Waals surface area contributed by atoms with Gasteiger partial charge in [0.15, 0.2) is 0 Å². The summed E-state index contributed by atoms with van der Waals surface area (Å²) in [5, 5.41) is 2.71. The fraction of sp³-hybridized carbons (Fsp3) is 0.846. The topological polar surface area (TPSA) is 75.4 Å². The number of nitrogens with zero attached hydrogens (tertiary/aromatic N) is 1. The average Bonchev–Trinajstić information content (AvgIpc) is 2.74. The summed E-state index contributed by atoms with van der Waals surface area (Å²) in [6, 6.07) is 0. The van der Waals surface area contributed by atoms with Crippen LogP contribution in [-0.4, -0.2) is 42.9 Å². The third-order valence-corrected chi connectivity index (χ3v) is 3.30. The number of amides is 2. The van der Waals surface area contributed by atoms with Crippen LogP contribution in [0.4, 0.5) is 0 Å². The maximum absolute atomic E-state index is 12.4. The molecule has 0 radical (unpaired) electrons. The van der Waals surface area contributed by atoms with E-state index in [1.807, 2.05) is 11.8 Å². The lowest BCUT2D eigenvalue weighted by Gasteiger charge is -2.33. The second-order valence-electron chi connectivity index (χ2n) is 5.83. The van der Waals surface area contributed by atoms with Crippen LogP contribution in [0.15, 0.2) is 0 Å². The smallest absolute Gasteiger partial charge is 0.228 e. The Bertz CT molecular complexity index is 315. The van der Waals surface area contributed by atoms with Gasteiger partial charge in [0.1, 0.15) is 0 Å². The van der Waals surface area contributed by atoms with Gasteiger partial charge < -0.3 is 16.0 Å². The molecule has 1 saturated heterocycles. The number of hydrogen-bond donors (Lipinski definition) is 2. The molecule has 1 fully saturated rings. The minimum atomic E-state index is -0.197. The van der Waals surface area contributed by atoms with E-state index in [2.05, 4.69) is 19.2 Å². The van der Waals surface area contributed by atoms with E-state index in [4.69, 9.17) is 5.73 Å². The van der Waals surface area contributed by atoms with Crippen molar-refractivity contribution < 1.29 is 9.59 Å². The fourth-order valence-electron chi connectivity index (χ4n) is 2.16. The lowest BCUT2D eigenvalue weighted by Crippen LogP contribution is -2.45. The molecule has 1 rings (SSSR count). The third-order valence-electron chi connectivity index (χ3n) is 3.30. The number of carbonyl (C=O) groups excluding carboxylic acids is 2. The Labute approximate surface area is 109 Å². The highest BCUT2D eigenvalue weighted by atomic mass is 16.2. The zero-order chi connectivity index (χ0) is 13.8. The van der Waals surface area contributed by atoms with E-state index < -0.39 is 0 Å². The van der Waals surface area contributed by atoms with Crippen LogP contribution < -0.4 is 11.1 Å². The zero-order valence-corrected chi connectivity index (χ0v) is 11.7. The summed E-state index contributed by atoms with van der Waals surface area (Å²) >= 11 is 0. The van der Waals surface area contributed by atoms with Crippen LogP contribution in [0.2, 0.25) is 0 Å². The Hall–Kier alpha value is -1.10. The van der Waals surface area contributed by atoms with Crippen molar-refractivity contribution in [2.75, 3.05) is 26.2 Å². The van der Waals surface area contributed by atoms with Gasteiger partial charge in [-0.2, -0.15) is 0 Å². The highest BCUT2D eigenvalue weighted by molar-refractivity contribution is 5.89. The van der Waals surface area contributed by atoms with Gasteiger partial charge >= 0.3 is 0 Å². The SMILES string of the molecule is CCCN(CC(C)(C)CN)C(=O)C1CNC(=O)C1. The number of nitrogens with two attached hydrogens (primary N) is 1. The Morgan fingerprint density at radius 1 is 1.56 bits per heavy atom. The quantitative estimate of drug-likeness (QED) is 0.719. The van der Waals surface area contributed by atoms with Crippen LogP contribution in [0.1, 0.15) is 33.6 Å². The molecule has 3 N–H and O–H groups in total. The molecule has 1 aliphatic heterocycles. The van der Waals surface area contributed by atoms with Gasteiger partial charge in [-0.15, -0.1) is 0 Å². The summed E-state index contributed by atoms with van der Waals surface area (Å²) in [5.74, 6) is -0.141. The molecule has 0 aliphatic carbocycles. The van der Waals surface area contributed by atoms with E-state index >= 15 is 0 Å². The Morgan fingerprint density at radius 3 is 2.67 bits per heavy atom. The second kappa shape index (κ2) is 6.18. The van der Waals surface area contributed by atoms with E-state index in [1.165, 1.54) is 0 Å². The molecular weight excluding hydrogens is 230 g/mol. The van der Waals surface area contributed by atoms with Gasteiger partial charge in [-0.1, -0.05) is 20.8 Å². The van der Waals surface area contributed by atoms with E-state index in [0.29, 0.717) is 26.1 Å². The van der Waals surface area contributed by atoms with Crippen molar-refractivity contribution in [2.45, 2.75) is 33.6 Å². The summed E-state index contributed by atoms with van der Waals surface area (Å²) in [5.41, 5.74) is 5.64. The first-order chi connectivity index (χ1) is 8.39. The molecule has 1 heterocycles. The Balaban J connectivity index is 2.66. The van der Waals surface area contributed by atoms with Crippen LogP contribution in [0.25, 0.3) is 0 Å². The molecule has 0 aromatic rings. The summed E-state index contributed by atoms with van der Waals surface area (Å²) in [4.78, 5) is 25.4. The number of nitrogens with one attached hydrogen (secondary N) is 1. The van der Waals surface area contributed by atoms with E-state index in [1.54, 1.807) is 0 Å². The molecule has 2 amide bonds. The molecule has 1 aliphatic rings. The minimum Gasteiger partial charge on any atom is -0.355 e. The van der Waals surface area contributed by atoms with Gasteiger partial charge in [-0.05, 0) is 18.4 Å². The van der Waals surface area contributed by atoms with E-state index in [9.17, 15) is 9.59 Å². The van der Waals surface area contributed by atoms with Crippen LogP contribution in [0, 0.1) is 11.3 Å². The predicted octanol–water partition coefficient (Wildman–Crippen LogP) is 0.346. The highest BCUT2D eigenvalue weighted by Crippen LogP contribution is 2.19. The molecule has 1 atom stereocenters. The van der Waals surface area contributed by atoms with Crippen molar-refractivity contribution in [3.05, 3.63) is 0 Å². The van der Waals surface area contributed by atoms with Crippen molar-refractivity contribution in [3.8, 4) is 0 Å². The van der Waals surface area contributed by atoms with Crippen LogP contribution in [0.3, 0.4) is 0 Å². The first-order valence-electron chi connectivity index (χ1n) is 6.65. The average molecular weight is 255 g/mol.